The van der Waals surface area contributed by atoms with Gasteiger partial charge in [0.05, 0.1) is 26.2 Å². The number of anilines is 2. The van der Waals surface area contributed by atoms with Crippen LogP contribution in [0.4, 0.5) is 11.4 Å². The monoisotopic (exact) mass is 506 g/mol. The Labute approximate surface area is 188 Å². The van der Waals surface area contributed by atoms with Gasteiger partial charge in [0, 0.05) is 10.0 Å². The van der Waals surface area contributed by atoms with Gasteiger partial charge in [-0.15, -0.1) is 0 Å². The molecule has 0 aliphatic heterocycles. The minimum absolute atomic E-state index is 0.0680. The van der Waals surface area contributed by atoms with E-state index in [1.165, 1.54) is 48.5 Å². The number of halogens is 3. The number of nitrogens with one attached hydrogen (secondary N) is 2. The molecule has 3 aromatic rings. The van der Waals surface area contributed by atoms with Crippen LogP contribution < -0.4 is 9.44 Å². The van der Waals surface area contributed by atoms with Gasteiger partial charge >= 0.3 is 0 Å². The Morgan fingerprint density at radius 1 is 0.667 bits per heavy atom. The molecule has 0 heterocycles. The third-order valence-electron chi connectivity index (χ3n) is 3.81. The highest BCUT2D eigenvalue weighted by molar-refractivity contribution is 7.93. The minimum atomic E-state index is -4.11. The van der Waals surface area contributed by atoms with Crippen molar-refractivity contribution in [3.63, 3.8) is 0 Å². The van der Waals surface area contributed by atoms with Crippen LogP contribution in [0, 0.1) is 0 Å². The van der Waals surface area contributed by atoms with Crippen molar-refractivity contribution in [1.29, 1.82) is 0 Å². The number of benzene rings is 3. The highest BCUT2D eigenvalue weighted by Crippen LogP contribution is 2.37. The molecule has 3 N–H and O–H groups in total. The molecule has 0 saturated heterocycles. The summed E-state index contributed by atoms with van der Waals surface area (Å²) in [6, 6.07) is 13.0. The van der Waals surface area contributed by atoms with Crippen molar-refractivity contribution < 1.29 is 21.9 Å². The Kier molecular flexibility index (Phi) is 6.40. The lowest BCUT2D eigenvalue weighted by Gasteiger charge is -2.14. The fourth-order valence-corrected chi connectivity index (χ4v) is 4.95. The maximum absolute atomic E-state index is 12.6. The van der Waals surface area contributed by atoms with Crippen LogP contribution in [0.5, 0.6) is 5.75 Å². The molecule has 30 heavy (non-hydrogen) atoms. The van der Waals surface area contributed by atoms with E-state index in [9.17, 15) is 21.9 Å². The van der Waals surface area contributed by atoms with Crippen molar-refractivity contribution in [3.05, 3.63) is 75.7 Å². The Morgan fingerprint density at radius 2 is 1.10 bits per heavy atom. The third kappa shape index (κ3) is 5.11. The molecule has 0 aliphatic carbocycles. The average molecular weight is 508 g/mol. The van der Waals surface area contributed by atoms with Crippen molar-refractivity contribution in [2.45, 2.75) is 9.79 Å². The normalized spacial score (nSPS) is 11.8. The van der Waals surface area contributed by atoms with Gasteiger partial charge in [0.2, 0.25) is 0 Å². The molecule has 158 valence electrons. The Hall–Kier alpha value is -2.17. The molecule has 7 nitrogen and oxygen atoms in total. The van der Waals surface area contributed by atoms with Gasteiger partial charge in [-0.05, 0) is 60.7 Å². The van der Waals surface area contributed by atoms with Crippen molar-refractivity contribution >= 4 is 66.2 Å². The summed E-state index contributed by atoms with van der Waals surface area (Å²) in [6.45, 7) is 0. The molecular weight excluding hydrogens is 495 g/mol. The topological polar surface area (TPSA) is 113 Å². The first-order chi connectivity index (χ1) is 14.0. The van der Waals surface area contributed by atoms with E-state index in [2.05, 4.69) is 9.44 Å². The van der Waals surface area contributed by atoms with Gasteiger partial charge in [0.25, 0.3) is 20.0 Å². The lowest BCUT2D eigenvalue weighted by atomic mass is 10.2. The summed E-state index contributed by atoms with van der Waals surface area (Å²) >= 11 is 17.5. The Bertz CT molecular complexity index is 1290. The fraction of sp³-hybridized carbons (Fsp3) is 0. The van der Waals surface area contributed by atoms with Crippen LogP contribution in [-0.4, -0.2) is 21.9 Å². The first-order valence-corrected chi connectivity index (χ1v) is 12.2. The predicted octanol–water partition coefficient (Wildman–Crippen LogP) is 4.95. The van der Waals surface area contributed by atoms with Crippen LogP contribution in [0.1, 0.15) is 0 Å². The van der Waals surface area contributed by atoms with Crippen LogP contribution in [0.25, 0.3) is 0 Å². The molecule has 0 bridgehead atoms. The van der Waals surface area contributed by atoms with E-state index in [1.54, 1.807) is 0 Å². The number of phenols is 1. The second-order valence-corrected chi connectivity index (χ2v) is 10.6. The summed E-state index contributed by atoms with van der Waals surface area (Å²) in [7, 11) is -8.12. The largest absolute Gasteiger partial charge is 0.504 e. The SMILES string of the molecule is O=S(=O)(Nc1cc(Cl)c(O)c(NS(=O)(=O)c2ccc(Cl)cc2)c1)c1ccc(Cl)cc1. The summed E-state index contributed by atoms with van der Waals surface area (Å²) in [5, 5.41) is 10.6. The van der Waals surface area contributed by atoms with Gasteiger partial charge in [0.15, 0.2) is 5.75 Å². The molecule has 3 rings (SSSR count). The minimum Gasteiger partial charge on any atom is -0.504 e. The number of phenolic OH excluding ortho intramolecular Hbond substituents is 1. The van der Waals surface area contributed by atoms with E-state index in [-0.39, 0.29) is 26.2 Å². The molecule has 0 unspecified atom stereocenters. The summed E-state index contributed by atoms with van der Waals surface area (Å²) < 4.78 is 54.7. The quantitative estimate of drug-likeness (QED) is 0.323. The van der Waals surface area contributed by atoms with Crippen molar-refractivity contribution in [3.8, 4) is 5.75 Å². The zero-order chi connectivity index (χ0) is 22.1. The Morgan fingerprint density at radius 3 is 1.57 bits per heavy atom. The molecular formula is C18H13Cl3N2O5S2. The van der Waals surface area contributed by atoms with Gasteiger partial charge in [0.1, 0.15) is 0 Å². The second kappa shape index (κ2) is 8.52. The number of sulfonamides is 2. The van der Waals surface area contributed by atoms with Crippen LogP contribution >= 0.6 is 34.8 Å². The molecule has 0 aromatic heterocycles. The van der Waals surface area contributed by atoms with Crippen molar-refractivity contribution in [2.75, 3.05) is 9.44 Å². The molecule has 0 amide bonds. The summed E-state index contributed by atoms with van der Waals surface area (Å²) in [4.78, 5) is -0.186. The summed E-state index contributed by atoms with van der Waals surface area (Å²) in [5.41, 5.74) is -0.382. The van der Waals surface area contributed by atoms with Gasteiger partial charge in [-0.3, -0.25) is 9.44 Å². The van der Waals surface area contributed by atoms with E-state index >= 15 is 0 Å². The molecule has 3 aromatic carbocycles. The highest BCUT2D eigenvalue weighted by Gasteiger charge is 2.20. The first kappa shape index (κ1) is 22.5. The second-order valence-electron chi connectivity index (χ2n) is 5.97. The zero-order valence-electron chi connectivity index (χ0n) is 14.8. The van der Waals surface area contributed by atoms with Crippen LogP contribution in [0.15, 0.2) is 70.5 Å². The van der Waals surface area contributed by atoms with E-state index in [4.69, 9.17) is 34.8 Å². The zero-order valence-corrected chi connectivity index (χ0v) is 18.7. The number of aromatic hydroxyl groups is 1. The molecule has 0 fully saturated rings. The average Bonchev–Trinajstić information content (AvgIpc) is 2.66. The number of hydrogen-bond donors (Lipinski definition) is 3. The number of rotatable bonds is 6. The van der Waals surface area contributed by atoms with E-state index in [0.717, 1.165) is 12.1 Å². The van der Waals surface area contributed by atoms with Crippen LogP contribution in [-0.2, 0) is 20.0 Å². The van der Waals surface area contributed by atoms with E-state index in [0.29, 0.717) is 10.0 Å². The van der Waals surface area contributed by atoms with Crippen LogP contribution in [0.3, 0.4) is 0 Å². The molecule has 0 radical (unpaired) electrons. The fourth-order valence-electron chi connectivity index (χ4n) is 2.38. The van der Waals surface area contributed by atoms with Gasteiger partial charge in [-0.25, -0.2) is 16.8 Å². The molecule has 0 aliphatic rings. The van der Waals surface area contributed by atoms with Crippen molar-refractivity contribution in [1.82, 2.24) is 0 Å². The predicted molar refractivity (Wildman–Crippen MR) is 118 cm³/mol. The molecule has 12 heteroatoms. The van der Waals surface area contributed by atoms with Crippen molar-refractivity contribution in [2.24, 2.45) is 0 Å². The lowest BCUT2D eigenvalue weighted by molar-refractivity contribution is 0.478. The molecule has 0 atom stereocenters. The molecule has 0 spiro atoms. The van der Waals surface area contributed by atoms with Crippen LogP contribution in [0.2, 0.25) is 15.1 Å². The third-order valence-corrected chi connectivity index (χ3v) is 7.38. The molecule has 0 saturated carbocycles. The van der Waals surface area contributed by atoms with Gasteiger partial charge in [-0.1, -0.05) is 34.8 Å². The van der Waals surface area contributed by atoms with Gasteiger partial charge < -0.3 is 5.11 Å². The lowest BCUT2D eigenvalue weighted by Crippen LogP contribution is -2.15. The summed E-state index contributed by atoms with van der Waals surface area (Å²) in [6.07, 6.45) is 0. The number of hydrogen-bond acceptors (Lipinski definition) is 5. The highest BCUT2D eigenvalue weighted by atomic mass is 35.5. The smallest absolute Gasteiger partial charge is 0.262 e. The first-order valence-electron chi connectivity index (χ1n) is 8.07. The van der Waals surface area contributed by atoms with E-state index < -0.39 is 25.8 Å². The Balaban J connectivity index is 1.94. The maximum atomic E-state index is 12.6. The standard InChI is InChI=1S/C18H13Cl3N2O5S2/c19-11-1-5-14(6-2-11)29(25,26)22-13-9-16(21)18(24)17(10-13)23-30(27,28)15-7-3-12(20)4-8-15/h1-10,22-24H. The summed E-state index contributed by atoms with van der Waals surface area (Å²) in [5.74, 6) is -0.566. The van der Waals surface area contributed by atoms with Gasteiger partial charge in [-0.2, -0.15) is 0 Å². The maximum Gasteiger partial charge on any atom is 0.262 e. The van der Waals surface area contributed by atoms with E-state index in [1.807, 2.05) is 0 Å².